The van der Waals surface area contributed by atoms with Gasteiger partial charge in [0.25, 0.3) is 5.69 Å². The highest BCUT2D eigenvalue weighted by molar-refractivity contribution is 7.89. The van der Waals surface area contributed by atoms with E-state index in [1.54, 1.807) is 23.1 Å². The van der Waals surface area contributed by atoms with E-state index in [-0.39, 0.29) is 11.8 Å². The lowest BCUT2D eigenvalue weighted by Gasteiger charge is -2.37. The Balaban J connectivity index is 1.18. The van der Waals surface area contributed by atoms with Gasteiger partial charge in [0.15, 0.2) is 0 Å². The second-order valence-corrected chi connectivity index (χ2v) is 15.0. The maximum absolute atomic E-state index is 13.1. The van der Waals surface area contributed by atoms with Crippen LogP contribution in [0.3, 0.4) is 0 Å². The smallest absolute Gasteiger partial charge is 0.410 e. The largest absolute Gasteiger partial charge is 0.491 e. The summed E-state index contributed by atoms with van der Waals surface area (Å²) in [6.07, 6.45) is 5.04. The Labute approximate surface area is 284 Å². The molecular weight excluding hydrogens is 634 g/mol. The molecule has 1 aliphatic heterocycles. The normalized spacial score (nSPS) is 13.9. The van der Waals surface area contributed by atoms with Crippen LogP contribution in [0.5, 0.6) is 5.75 Å². The number of amides is 1. The van der Waals surface area contributed by atoms with Gasteiger partial charge >= 0.3 is 6.09 Å². The van der Waals surface area contributed by atoms with Crippen LogP contribution >= 0.6 is 0 Å². The van der Waals surface area contributed by atoms with Crippen molar-refractivity contribution in [1.29, 1.82) is 0 Å². The fourth-order valence-electron chi connectivity index (χ4n) is 5.73. The van der Waals surface area contributed by atoms with E-state index >= 15 is 0 Å². The van der Waals surface area contributed by atoms with Gasteiger partial charge in [0.1, 0.15) is 11.4 Å². The third kappa shape index (κ3) is 9.96. The van der Waals surface area contributed by atoms with Crippen LogP contribution in [0.15, 0.2) is 59.5 Å². The topological polar surface area (TPSA) is 135 Å². The van der Waals surface area contributed by atoms with Gasteiger partial charge in [0, 0.05) is 75.4 Å². The number of anilines is 2. The van der Waals surface area contributed by atoms with Crippen molar-refractivity contribution in [1.82, 2.24) is 9.62 Å². The van der Waals surface area contributed by atoms with E-state index in [4.69, 9.17) is 9.47 Å². The maximum Gasteiger partial charge on any atom is 0.410 e. The molecule has 1 aliphatic rings. The summed E-state index contributed by atoms with van der Waals surface area (Å²) in [6.45, 7) is 8.24. The van der Waals surface area contributed by atoms with E-state index in [2.05, 4.69) is 4.72 Å². The minimum Gasteiger partial charge on any atom is -0.491 e. The van der Waals surface area contributed by atoms with Crippen molar-refractivity contribution >= 4 is 44.0 Å². The highest BCUT2D eigenvalue weighted by Gasteiger charge is 2.28. The minimum atomic E-state index is -3.64. The number of nitrogens with zero attached hydrogens (tertiary/aromatic N) is 4. The second-order valence-electron chi connectivity index (χ2n) is 13.3. The number of nitro groups is 1. The van der Waals surface area contributed by atoms with Crippen molar-refractivity contribution in [2.75, 3.05) is 63.2 Å². The van der Waals surface area contributed by atoms with Crippen LogP contribution in [0, 0.1) is 10.1 Å². The Morgan fingerprint density at radius 2 is 1.56 bits per heavy atom. The van der Waals surface area contributed by atoms with E-state index in [1.807, 2.05) is 68.9 Å². The predicted octanol–water partition coefficient (Wildman–Crippen LogP) is 6.57. The molecule has 0 spiro atoms. The zero-order chi connectivity index (χ0) is 34.9. The van der Waals surface area contributed by atoms with Crippen LogP contribution in [-0.2, 0) is 14.8 Å². The summed E-state index contributed by atoms with van der Waals surface area (Å²) in [4.78, 5) is 29.5. The summed E-state index contributed by atoms with van der Waals surface area (Å²) >= 11 is 0. The molecule has 0 saturated carbocycles. The molecule has 0 aliphatic carbocycles. The number of rotatable bonds is 15. The third-order valence-electron chi connectivity index (χ3n) is 8.18. The number of ether oxygens (including phenoxy) is 2. The van der Waals surface area contributed by atoms with E-state index in [0.717, 1.165) is 49.6 Å². The molecule has 1 saturated heterocycles. The van der Waals surface area contributed by atoms with E-state index in [1.165, 1.54) is 12.1 Å². The van der Waals surface area contributed by atoms with Crippen LogP contribution in [0.25, 0.3) is 10.8 Å². The number of hydrogen-bond donors (Lipinski definition) is 1. The summed E-state index contributed by atoms with van der Waals surface area (Å²) in [7, 11) is 0.240. The Morgan fingerprint density at radius 3 is 2.23 bits per heavy atom. The summed E-state index contributed by atoms with van der Waals surface area (Å²) < 4.78 is 40.6. The van der Waals surface area contributed by atoms with Crippen LogP contribution in [-0.4, -0.2) is 83.4 Å². The summed E-state index contributed by atoms with van der Waals surface area (Å²) in [5, 5.41) is 13.1. The summed E-state index contributed by atoms with van der Waals surface area (Å²) in [6, 6.07) is 15.7. The van der Waals surface area contributed by atoms with Crippen molar-refractivity contribution in [3.8, 4) is 5.75 Å². The lowest BCUT2D eigenvalue weighted by molar-refractivity contribution is -0.384. The van der Waals surface area contributed by atoms with Gasteiger partial charge in [-0.3, -0.25) is 10.1 Å². The van der Waals surface area contributed by atoms with Crippen LogP contribution in [0.2, 0.25) is 0 Å². The highest BCUT2D eigenvalue weighted by Crippen LogP contribution is 2.34. The molecule has 1 N–H and O–H groups in total. The quantitative estimate of drug-likeness (QED) is 0.107. The molecule has 48 heavy (non-hydrogen) atoms. The number of piperazine rings is 1. The fraction of sp³-hybridized carbons (Fsp3) is 0.514. The van der Waals surface area contributed by atoms with Crippen LogP contribution in [0.1, 0.15) is 59.3 Å². The Morgan fingerprint density at radius 1 is 0.917 bits per heavy atom. The summed E-state index contributed by atoms with van der Waals surface area (Å²) in [5.74, 6) is 0.586. The number of nitro benzene ring substituents is 1. The Kier molecular flexibility index (Phi) is 12.5. The number of hydrogen-bond acceptors (Lipinski definition) is 9. The molecule has 1 amide bonds. The minimum absolute atomic E-state index is 0.00945. The van der Waals surface area contributed by atoms with Gasteiger partial charge in [-0.1, -0.05) is 49.9 Å². The molecule has 1 fully saturated rings. The van der Waals surface area contributed by atoms with Crippen molar-refractivity contribution in [2.45, 2.75) is 69.8 Å². The second kappa shape index (κ2) is 16.3. The van der Waals surface area contributed by atoms with Gasteiger partial charge in [0.2, 0.25) is 10.0 Å². The number of nitrogens with one attached hydrogen (secondary N) is 1. The molecule has 0 atom stereocenters. The van der Waals surface area contributed by atoms with Gasteiger partial charge in [-0.2, -0.15) is 0 Å². The molecular formula is C35H49N5O7S. The van der Waals surface area contributed by atoms with E-state index < -0.39 is 20.5 Å². The van der Waals surface area contributed by atoms with E-state index in [9.17, 15) is 23.3 Å². The number of carbonyl (C=O) groups excluding carboxylic acids is 1. The lowest BCUT2D eigenvalue weighted by atomic mass is 10.1. The molecule has 0 bridgehead atoms. The molecule has 0 unspecified atom stereocenters. The van der Waals surface area contributed by atoms with Crippen molar-refractivity contribution in [2.24, 2.45) is 0 Å². The van der Waals surface area contributed by atoms with Crippen molar-refractivity contribution in [3.05, 3.63) is 64.7 Å². The van der Waals surface area contributed by atoms with E-state index in [0.29, 0.717) is 61.0 Å². The SMILES string of the molecule is CN(C)c1cccc2c(S(=O)(=O)NCCCCCCCCOc3ccc([N+](=O)[O-])cc3N3CCN(C(=O)OC(C)(C)C)CC3)cccc12. The standard InChI is InChI=1S/C35H49N5O7S/c1-35(2,3)47-34(41)39-23-21-38(22-24-39)31-26-27(40(42)43)18-19-32(31)46-25-11-9-7-6-8-10-20-36-48(44,45)33-17-13-14-28-29(33)15-12-16-30(28)37(4)5/h12-19,26,36H,6-11,20-25H2,1-5H3. The highest BCUT2D eigenvalue weighted by atomic mass is 32.2. The average Bonchev–Trinajstić information content (AvgIpc) is 3.04. The van der Waals surface area contributed by atoms with Crippen LogP contribution < -0.4 is 19.3 Å². The number of fused-ring (bicyclic) bond motifs is 1. The molecule has 1 heterocycles. The number of unbranched alkanes of at least 4 members (excludes halogenated alkanes) is 5. The molecule has 4 rings (SSSR count). The van der Waals surface area contributed by atoms with Crippen LogP contribution in [0.4, 0.5) is 21.9 Å². The van der Waals surface area contributed by atoms with Crippen molar-refractivity contribution < 1.29 is 27.6 Å². The first-order valence-corrected chi connectivity index (χ1v) is 18.1. The third-order valence-corrected chi connectivity index (χ3v) is 9.70. The number of carbonyl (C=O) groups is 1. The first kappa shape index (κ1) is 36.7. The molecule has 3 aromatic carbocycles. The molecule has 13 heteroatoms. The Hall–Kier alpha value is -4.10. The van der Waals surface area contributed by atoms with Gasteiger partial charge in [-0.25, -0.2) is 17.9 Å². The zero-order valence-electron chi connectivity index (χ0n) is 28.7. The lowest BCUT2D eigenvalue weighted by Crippen LogP contribution is -2.50. The monoisotopic (exact) mass is 683 g/mol. The molecule has 12 nitrogen and oxygen atoms in total. The molecule has 262 valence electrons. The number of non-ortho nitro benzene ring substituents is 1. The predicted molar refractivity (Wildman–Crippen MR) is 190 cm³/mol. The molecule has 3 aromatic rings. The van der Waals surface area contributed by atoms with Crippen molar-refractivity contribution in [3.63, 3.8) is 0 Å². The number of benzene rings is 3. The Bertz CT molecular complexity index is 1670. The maximum atomic E-state index is 13.1. The fourth-order valence-corrected chi connectivity index (χ4v) is 7.03. The molecule has 0 radical (unpaired) electrons. The van der Waals surface area contributed by atoms with Gasteiger partial charge in [-0.15, -0.1) is 0 Å². The first-order chi connectivity index (χ1) is 22.8. The van der Waals surface area contributed by atoms with Gasteiger partial charge in [0.05, 0.1) is 22.1 Å². The van der Waals surface area contributed by atoms with Gasteiger partial charge in [-0.05, 0) is 51.8 Å². The number of sulfonamides is 1. The zero-order valence-corrected chi connectivity index (χ0v) is 29.6. The summed E-state index contributed by atoms with van der Waals surface area (Å²) in [5.41, 5.74) is 1.03. The molecule has 0 aromatic heterocycles. The average molecular weight is 684 g/mol. The first-order valence-electron chi connectivity index (χ1n) is 16.6. The van der Waals surface area contributed by atoms with Gasteiger partial charge < -0.3 is 24.2 Å².